The van der Waals surface area contributed by atoms with E-state index in [9.17, 15) is 0 Å². The molecule has 0 amide bonds. The summed E-state index contributed by atoms with van der Waals surface area (Å²) in [5.74, 6) is 3.32. The molecule has 0 aliphatic rings. The zero-order valence-electron chi connectivity index (χ0n) is 22.7. The minimum atomic E-state index is 0.768. The molecular weight excluding hydrogens is 504 g/mol. The van der Waals surface area contributed by atoms with Crippen LogP contribution in [0, 0.1) is 13.8 Å². The van der Waals surface area contributed by atoms with Crippen molar-refractivity contribution in [1.82, 2.24) is 19.1 Å². The van der Waals surface area contributed by atoms with Crippen molar-refractivity contribution >= 4 is 43.6 Å². The number of aryl methyl sites for hydroxylation is 2. The Bertz CT molecular complexity index is 2110. The highest BCUT2D eigenvalue weighted by Gasteiger charge is 2.16. The maximum atomic E-state index is 6.55. The second kappa shape index (κ2) is 9.07. The summed E-state index contributed by atoms with van der Waals surface area (Å²) in [6.07, 6.45) is 3.73. The Balaban J connectivity index is 1.29. The van der Waals surface area contributed by atoms with Crippen LogP contribution in [0.5, 0.6) is 11.5 Å². The Morgan fingerprint density at radius 2 is 0.902 bits per heavy atom. The van der Waals surface area contributed by atoms with Gasteiger partial charge in [-0.05, 0) is 85.6 Å². The van der Waals surface area contributed by atoms with Gasteiger partial charge in [0.1, 0.15) is 23.1 Å². The van der Waals surface area contributed by atoms with Gasteiger partial charge in [0.25, 0.3) is 0 Å². The zero-order chi connectivity index (χ0) is 27.5. The van der Waals surface area contributed by atoms with Crippen molar-refractivity contribution in [1.29, 1.82) is 0 Å². The quantitative estimate of drug-likeness (QED) is 0.228. The molecule has 0 saturated carbocycles. The van der Waals surface area contributed by atoms with E-state index in [2.05, 4.69) is 108 Å². The Morgan fingerprint density at radius 1 is 0.463 bits per heavy atom. The van der Waals surface area contributed by atoms with Crippen LogP contribution in [0.1, 0.15) is 11.1 Å². The number of ether oxygens (including phenoxy) is 1. The van der Waals surface area contributed by atoms with E-state index in [-0.39, 0.29) is 0 Å². The molecule has 0 aliphatic heterocycles. The average molecular weight is 531 g/mol. The van der Waals surface area contributed by atoms with Crippen LogP contribution in [-0.4, -0.2) is 19.1 Å². The summed E-state index contributed by atoms with van der Waals surface area (Å²) in [5.41, 5.74) is 6.69. The summed E-state index contributed by atoms with van der Waals surface area (Å²) >= 11 is 0. The Hall–Kier alpha value is -5.42. The summed E-state index contributed by atoms with van der Waals surface area (Å²) in [5, 5.41) is 4.71. The van der Waals surface area contributed by atoms with Crippen LogP contribution < -0.4 is 4.74 Å². The van der Waals surface area contributed by atoms with E-state index >= 15 is 0 Å². The van der Waals surface area contributed by atoms with Crippen LogP contribution in [0.3, 0.4) is 0 Å². The van der Waals surface area contributed by atoms with Crippen molar-refractivity contribution in [3.63, 3.8) is 0 Å². The molecule has 5 nitrogen and oxygen atoms in total. The lowest BCUT2D eigenvalue weighted by molar-refractivity contribution is 0.484. The van der Waals surface area contributed by atoms with E-state index in [1.165, 1.54) is 21.9 Å². The third-order valence-electron chi connectivity index (χ3n) is 7.79. The van der Waals surface area contributed by atoms with Crippen LogP contribution in [-0.2, 0) is 0 Å². The van der Waals surface area contributed by atoms with Crippen molar-refractivity contribution in [2.45, 2.75) is 13.8 Å². The number of hydrogen-bond acceptors (Lipinski definition) is 3. The molecule has 5 heteroatoms. The van der Waals surface area contributed by atoms with Crippen LogP contribution in [0.15, 0.2) is 122 Å². The fourth-order valence-electron chi connectivity index (χ4n) is 5.94. The van der Waals surface area contributed by atoms with Crippen LogP contribution in [0.25, 0.3) is 55.2 Å². The molecule has 0 N–H and O–H groups in total. The van der Waals surface area contributed by atoms with Gasteiger partial charge in [0.15, 0.2) is 0 Å². The van der Waals surface area contributed by atoms with Gasteiger partial charge in [-0.1, -0.05) is 36.4 Å². The van der Waals surface area contributed by atoms with E-state index in [0.29, 0.717) is 0 Å². The monoisotopic (exact) mass is 530 g/mol. The van der Waals surface area contributed by atoms with Gasteiger partial charge in [0.2, 0.25) is 0 Å². The van der Waals surface area contributed by atoms with Crippen LogP contribution in [0.4, 0.5) is 0 Å². The summed E-state index contributed by atoms with van der Waals surface area (Å²) in [7, 11) is 0. The Morgan fingerprint density at radius 3 is 1.37 bits per heavy atom. The summed E-state index contributed by atoms with van der Waals surface area (Å²) in [4.78, 5) is 9.42. The third-order valence-corrected chi connectivity index (χ3v) is 7.79. The van der Waals surface area contributed by atoms with Crippen molar-refractivity contribution < 1.29 is 4.74 Å². The molecule has 0 fully saturated rings. The second-order valence-electron chi connectivity index (χ2n) is 10.5. The standard InChI is InChI=1S/C36H26N4O/c1-23-15-17-37-35(19-23)39-31-9-5-3-7-27(31)29-13-11-25(21-33(29)39)41-26-12-14-30-28-8-4-6-10-32(28)40(34(30)22-26)36-20-24(2)16-18-38-36/h3-22H,1-2H3. The molecule has 0 unspecified atom stereocenters. The van der Waals surface area contributed by atoms with Gasteiger partial charge in [-0.15, -0.1) is 0 Å². The molecule has 196 valence electrons. The summed E-state index contributed by atoms with van der Waals surface area (Å²) in [6.45, 7) is 4.19. The SMILES string of the molecule is Cc1ccnc(-n2c3ccccc3c3ccc(Oc4ccc5c6ccccc6n(-c6cc(C)ccn6)c5c4)cc32)c1. The average Bonchev–Trinajstić information content (AvgIpc) is 3.49. The third kappa shape index (κ3) is 3.78. The first kappa shape index (κ1) is 23.5. The van der Waals surface area contributed by atoms with E-state index in [4.69, 9.17) is 14.7 Å². The molecule has 4 aromatic carbocycles. The molecule has 0 aliphatic carbocycles. The number of para-hydroxylation sites is 2. The first-order chi connectivity index (χ1) is 20.1. The number of hydrogen-bond donors (Lipinski definition) is 0. The maximum absolute atomic E-state index is 6.55. The fourth-order valence-corrected chi connectivity index (χ4v) is 5.94. The lowest BCUT2D eigenvalue weighted by Gasteiger charge is -2.11. The minimum absolute atomic E-state index is 0.768. The van der Waals surface area contributed by atoms with Gasteiger partial charge in [-0.25, -0.2) is 9.97 Å². The van der Waals surface area contributed by atoms with E-state index in [1.54, 1.807) is 0 Å². The topological polar surface area (TPSA) is 44.9 Å². The van der Waals surface area contributed by atoms with Gasteiger partial charge in [0, 0.05) is 46.1 Å². The number of aromatic nitrogens is 4. The molecule has 0 bridgehead atoms. The number of nitrogens with zero attached hydrogens (tertiary/aromatic N) is 4. The molecule has 8 rings (SSSR count). The number of pyridine rings is 2. The molecule has 0 spiro atoms. The lowest BCUT2D eigenvalue weighted by Crippen LogP contribution is -1.98. The molecule has 0 saturated heterocycles. The highest BCUT2D eigenvalue weighted by molar-refractivity contribution is 6.10. The van der Waals surface area contributed by atoms with Gasteiger partial charge in [0.05, 0.1) is 22.1 Å². The van der Waals surface area contributed by atoms with E-state index in [0.717, 1.165) is 56.0 Å². The van der Waals surface area contributed by atoms with E-state index in [1.807, 2.05) is 36.7 Å². The van der Waals surface area contributed by atoms with Crippen LogP contribution >= 0.6 is 0 Å². The van der Waals surface area contributed by atoms with Crippen molar-refractivity contribution in [3.05, 3.63) is 133 Å². The maximum Gasteiger partial charge on any atom is 0.137 e. The van der Waals surface area contributed by atoms with Crippen molar-refractivity contribution in [2.75, 3.05) is 0 Å². The largest absolute Gasteiger partial charge is 0.457 e. The first-order valence-electron chi connectivity index (χ1n) is 13.7. The summed E-state index contributed by atoms with van der Waals surface area (Å²) < 4.78 is 11.0. The molecule has 0 atom stereocenters. The Labute approximate surface area is 236 Å². The van der Waals surface area contributed by atoms with Crippen LogP contribution in [0.2, 0.25) is 0 Å². The molecular formula is C36H26N4O. The smallest absolute Gasteiger partial charge is 0.137 e. The predicted octanol–water partition coefficient (Wildman–Crippen LogP) is 9.08. The molecule has 0 radical (unpaired) electrons. The second-order valence-corrected chi connectivity index (χ2v) is 10.5. The molecule has 4 aromatic heterocycles. The first-order valence-corrected chi connectivity index (χ1v) is 13.7. The van der Waals surface area contributed by atoms with E-state index < -0.39 is 0 Å². The number of rotatable bonds is 4. The van der Waals surface area contributed by atoms with Gasteiger partial charge in [-0.3, -0.25) is 9.13 Å². The fraction of sp³-hybridized carbons (Fsp3) is 0.0556. The molecule has 8 aromatic rings. The number of fused-ring (bicyclic) bond motifs is 6. The summed E-state index contributed by atoms with van der Waals surface area (Å²) in [6, 6.07) is 37.8. The van der Waals surface area contributed by atoms with Crippen molar-refractivity contribution in [3.8, 4) is 23.1 Å². The predicted molar refractivity (Wildman–Crippen MR) is 167 cm³/mol. The highest BCUT2D eigenvalue weighted by Crippen LogP contribution is 2.37. The molecule has 4 heterocycles. The minimum Gasteiger partial charge on any atom is -0.457 e. The highest BCUT2D eigenvalue weighted by atomic mass is 16.5. The number of benzene rings is 4. The van der Waals surface area contributed by atoms with Crippen molar-refractivity contribution in [2.24, 2.45) is 0 Å². The lowest BCUT2D eigenvalue weighted by atomic mass is 10.1. The van der Waals surface area contributed by atoms with Gasteiger partial charge >= 0.3 is 0 Å². The Kier molecular flexibility index (Phi) is 5.19. The normalized spacial score (nSPS) is 11.7. The van der Waals surface area contributed by atoms with Gasteiger partial charge in [-0.2, -0.15) is 0 Å². The zero-order valence-corrected chi connectivity index (χ0v) is 22.7. The van der Waals surface area contributed by atoms with Gasteiger partial charge < -0.3 is 4.74 Å². The molecule has 41 heavy (non-hydrogen) atoms.